The lowest BCUT2D eigenvalue weighted by Gasteiger charge is -2.27. The van der Waals surface area contributed by atoms with Crippen LogP contribution in [0.2, 0.25) is 0 Å². The van der Waals surface area contributed by atoms with Crippen molar-refractivity contribution in [1.29, 1.82) is 0 Å². The lowest BCUT2D eigenvalue weighted by Crippen LogP contribution is -2.36. The van der Waals surface area contributed by atoms with Crippen LogP contribution >= 0.6 is 0 Å². The Labute approximate surface area is 140 Å². The molecule has 2 aromatic carbocycles. The Morgan fingerprint density at radius 1 is 1.21 bits per heavy atom. The van der Waals surface area contributed by atoms with Gasteiger partial charge in [0.2, 0.25) is 0 Å². The lowest BCUT2D eigenvalue weighted by atomic mass is 10.00. The molecule has 0 aliphatic carbocycles. The summed E-state index contributed by atoms with van der Waals surface area (Å²) in [6.45, 7) is 0.605. The van der Waals surface area contributed by atoms with Crippen molar-refractivity contribution >= 4 is 5.91 Å². The Balaban J connectivity index is 1.72. The Bertz CT molecular complexity index is 717. The molecule has 0 radical (unpaired) electrons. The summed E-state index contributed by atoms with van der Waals surface area (Å²) in [5.41, 5.74) is 0.916. The molecule has 0 spiro atoms. The van der Waals surface area contributed by atoms with Gasteiger partial charge in [0.15, 0.2) is 0 Å². The van der Waals surface area contributed by atoms with Gasteiger partial charge in [0.1, 0.15) is 11.6 Å². The molecule has 1 saturated heterocycles. The van der Waals surface area contributed by atoms with E-state index in [2.05, 4.69) is 0 Å². The minimum Gasteiger partial charge on any atom is -0.507 e. The van der Waals surface area contributed by atoms with Gasteiger partial charge < -0.3 is 15.1 Å². The second kappa shape index (κ2) is 7.01. The number of phenols is 1. The minimum atomic E-state index is -0.756. The number of halogens is 1. The summed E-state index contributed by atoms with van der Waals surface area (Å²) in [6, 6.07) is 12.1. The quantitative estimate of drug-likeness (QED) is 0.905. The first-order valence-electron chi connectivity index (χ1n) is 8.09. The van der Waals surface area contributed by atoms with Crippen LogP contribution < -0.4 is 0 Å². The molecule has 2 N–H and O–H groups in total. The summed E-state index contributed by atoms with van der Waals surface area (Å²) in [5.74, 6) is -0.600. The van der Waals surface area contributed by atoms with Gasteiger partial charge in [-0.15, -0.1) is 0 Å². The standard InChI is InChI=1S/C19H20FNO3/c20-14-9-7-13(8-10-14)18(23)12-15-4-3-11-21(15)19(24)16-5-1-2-6-17(16)22/h1-2,5-10,15,18,22-23H,3-4,11-12H2. The number of para-hydroxylation sites is 1. The third kappa shape index (κ3) is 3.41. The van der Waals surface area contributed by atoms with Crippen LogP contribution in [0.5, 0.6) is 5.75 Å². The van der Waals surface area contributed by atoms with E-state index in [1.165, 1.54) is 18.2 Å². The summed E-state index contributed by atoms with van der Waals surface area (Å²) in [4.78, 5) is 14.4. The fourth-order valence-corrected chi connectivity index (χ4v) is 3.24. The van der Waals surface area contributed by atoms with Gasteiger partial charge in [-0.1, -0.05) is 24.3 Å². The van der Waals surface area contributed by atoms with E-state index in [4.69, 9.17) is 0 Å². The molecule has 0 bridgehead atoms. The Hall–Kier alpha value is -2.40. The summed E-state index contributed by atoms with van der Waals surface area (Å²) in [7, 11) is 0. The zero-order chi connectivity index (χ0) is 17.1. The number of rotatable bonds is 4. The SMILES string of the molecule is O=C(c1ccccc1O)N1CCCC1CC(O)c1ccc(F)cc1. The fraction of sp³-hybridized carbons (Fsp3) is 0.316. The van der Waals surface area contributed by atoms with Gasteiger partial charge in [0.05, 0.1) is 11.7 Å². The van der Waals surface area contributed by atoms with Crippen LogP contribution in [-0.4, -0.2) is 33.6 Å². The van der Waals surface area contributed by atoms with Gasteiger partial charge in [0, 0.05) is 12.6 Å². The van der Waals surface area contributed by atoms with E-state index in [1.54, 1.807) is 35.2 Å². The van der Waals surface area contributed by atoms with Crippen molar-refractivity contribution in [3.05, 3.63) is 65.5 Å². The molecule has 2 aromatic rings. The lowest BCUT2D eigenvalue weighted by molar-refractivity contribution is 0.0664. The highest BCUT2D eigenvalue weighted by atomic mass is 19.1. The van der Waals surface area contributed by atoms with E-state index >= 15 is 0 Å². The number of hydrogen-bond donors (Lipinski definition) is 2. The van der Waals surface area contributed by atoms with Crippen LogP contribution in [-0.2, 0) is 0 Å². The Morgan fingerprint density at radius 2 is 1.92 bits per heavy atom. The highest BCUT2D eigenvalue weighted by Crippen LogP contribution is 2.30. The van der Waals surface area contributed by atoms with Gasteiger partial charge in [-0.3, -0.25) is 4.79 Å². The van der Waals surface area contributed by atoms with E-state index in [0.717, 1.165) is 12.8 Å². The number of nitrogens with zero attached hydrogens (tertiary/aromatic N) is 1. The van der Waals surface area contributed by atoms with E-state index in [-0.39, 0.29) is 29.1 Å². The first kappa shape index (κ1) is 16.5. The van der Waals surface area contributed by atoms with E-state index in [9.17, 15) is 19.4 Å². The molecule has 1 fully saturated rings. The third-order valence-corrected chi connectivity index (χ3v) is 4.52. The molecule has 0 saturated carbocycles. The van der Waals surface area contributed by atoms with Crippen molar-refractivity contribution in [1.82, 2.24) is 4.90 Å². The summed E-state index contributed by atoms with van der Waals surface area (Å²) in [6.07, 6.45) is 1.30. The molecule has 1 heterocycles. The van der Waals surface area contributed by atoms with E-state index in [0.29, 0.717) is 18.5 Å². The molecule has 24 heavy (non-hydrogen) atoms. The topological polar surface area (TPSA) is 60.8 Å². The number of carbonyl (C=O) groups excluding carboxylic acids is 1. The Kier molecular flexibility index (Phi) is 4.81. The first-order chi connectivity index (χ1) is 11.6. The summed E-state index contributed by atoms with van der Waals surface area (Å²) < 4.78 is 13.0. The Morgan fingerprint density at radius 3 is 2.62 bits per heavy atom. The first-order valence-corrected chi connectivity index (χ1v) is 8.09. The highest BCUT2D eigenvalue weighted by Gasteiger charge is 2.32. The smallest absolute Gasteiger partial charge is 0.257 e. The van der Waals surface area contributed by atoms with E-state index < -0.39 is 6.10 Å². The fourth-order valence-electron chi connectivity index (χ4n) is 3.24. The van der Waals surface area contributed by atoms with Gasteiger partial charge in [0.25, 0.3) is 5.91 Å². The molecule has 2 atom stereocenters. The van der Waals surface area contributed by atoms with Crippen molar-refractivity contribution in [2.24, 2.45) is 0 Å². The normalized spacial score (nSPS) is 18.6. The molecule has 4 nitrogen and oxygen atoms in total. The van der Waals surface area contributed by atoms with Crippen LogP contribution in [0.25, 0.3) is 0 Å². The predicted molar refractivity (Wildman–Crippen MR) is 88.1 cm³/mol. The van der Waals surface area contributed by atoms with Crippen LogP contribution in [0.3, 0.4) is 0 Å². The van der Waals surface area contributed by atoms with Crippen molar-refractivity contribution in [2.75, 3.05) is 6.54 Å². The number of carbonyl (C=O) groups is 1. The second-order valence-electron chi connectivity index (χ2n) is 6.11. The molecule has 1 amide bonds. The van der Waals surface area contributed by atoms with Crippen LogP contribution in [0.1, 0.15) is 41.3 Å². The van der Waals surface area contributed by atoms with Crippen LogP contribution in [0.4, 0.5) is 4.39 Å². The number of hydrogen-bond acceptors (Lipinski definition) is 3. The molecule has 3 rings (SSSR count). The molecule has 2 unspecified atom stereocenters. The van der Waals surface area contributed by atoms with Crippen LogP contribution in [0, 0.1) is 5.82 Å². The highest BCUT2D eigenvalue weighted by molar-refractivity contribution is 5.97. The number of aliphatic hydroxyl groups excluding tert-OH is 1. The molecule has 0 aromatic heterocycles. The number of benzene rings is 2. The maximum atomic E-state index is 13.0. The van der Waals surface area contributed by atoms with Crippen LogP contribution in [0.15, 0.2) is 48.5 Å². The van der Waals surface area contributed by atoms with Gasteiger partial charge >= 0.3 is 0 Å². The number of likely N-dealkylation sites (tertiary alicyclic amines) is 1. The number of phenolic OH excluding ortho intramolecular Hbond substituents is 1. The van der Waals surface area contributed by atoms with Gasteiger partial charge in [-0.25, -0.2) is 4.39 Å². The zero-order valence-corrected chi connectivity index (χ0v) is 13.2. The van der Waals surface area contributed by atoms with Crippen molar-refractivity contribution < 1.29 is 19.4 Å². The average molecular weight is 329 g/mol. The number of aliphatic hydroxyl groups is 1. The largest absolute Gasteiger partial charge is 0.507 e. The maximum absolute atomic E-state index is 13.0. The second-order valence-corrected chi connectivity index (χ2v) is 6.11. The van der Waals surface area contributed by atoms with Crippen molar-refractivity contribution in [2.45, 2.75) is 31.4 Å². The molecule has 1 aliphatic heterocycles. The van der Waals surface area contributed by atoms with E-state index in [1.807, 2.05) is 0 Å². The van der Waals surface area contributed by atoms with Crippen molar-refractivity contribution in [3.63, 3.8) is 0 Å². The van der Waals surface area contributed by atoms with Gasteiger partial charge in [-0.05, 0) is 49.1 Å². The minimum absolute atomic E-state index is 0.0350. The molecular formula is C19H20FNO3. The van der Waals surface area contributed by atoms with Gasteiger partial charge in [-0.2, -0.15) is 0 Å². The molecule has 1 aliphatic rings. The zero-order valence-electron chi connectivity index (χ0n) is 13.2. The molecule has 5 heteroatoms. The third-order valence-electron chi connectivity index (χ3n) is 4.52. The number of aromatic hydroxyl groups is 1. The molecular weight excluding hydrogens is 309 g/mol. The monoisotopic (exact) mass is 329 g/mol. The molecule has 126 valence electrons. The maximum Gasteiger partial charge on any atom is 0.257 e. The van der Waals surface area contributed by atoms with Crippen molar-refractivity contribution in [3.8, 4) is 5.75 Å². The summed E-state index contributed by atoms with van der Waals surface area (Å²) in [5, 5.41) is 20.3. The predicted octanol–water partition coefficient (Wildman–Crippen LogP) is 3.26. The number of amides is 1. The average Bonchev–Trinajstić information content (AvgIpc) is 3.03. The summed E-state index contributed by atoms with van der Waals surface area (Å²) >= 11 is 0.